The van der Waals surface area contributed by atoms with Crippen molar-refractivity contribution in [3.8, 4) is 0 Å². The van der Waals surface area contributed by atoms with E-state index in [1.165, 1.54) is 6.08 Å². The predicted molar refractivity (Wildman–Crippen MR) is 53.8 cm³/mol. The highest BCUT2D eigenvalue weighted by Crippen LogP contribution is 2.40. The first-order valence-corrected chi connectivity index (χ1v) is 4.88. The Morgan fingerprint density at radius 2 is 2.19 bits per heavy atom. The van der Waals surface area contributed by atoms with E-state index in [0.29, 0.717) is 5.69 Å². The lowest BCUT2D eigenvalue weighted by molar-refractivity contribution is -0.0954. The summed E-state index contributed by atoms with van der Waals surface area (Å²) in [6, 6.07) is 1.70. The summed E-state index contributed by atoms with van der Waals surface area (Å²) >= 11 is 0. The van der Waals surface area contributed by atoms with Crippen LogP contribution in [0, 0.1) is 0 Å². The zero-order valence-electron chi connectivity index (χ0n) is 8.67. The molecule has 0 fully saturated rings. The quantitative estimate of drug-likeness (QED) is 0.786. The second-order valence-electron chi connectivity index (χ2n) is 4.10. The van der Waals surface area contributed by atoms with Gasteiger partial charge in [-0.3, -0.25) is 5.10 Å². The minimum atomic E-state index is -4.26. The summed E-state index contributed by atoms with van der Waals surface area (Å²) in [6.07, 6.45) is 1.59. The van der Waals surface area contributed by atoms with Crippen molar-refractivity contribution in [1.29, 1.82) is 0 Å². The van der Waals surface area contributed by atoms with Crippen LogP contribution >= 0.6 is 0 Å². The number of hydrogen-bond donors (Lipinski definition) is 1. The molecule has 0 aromatic carbocycles. The number of alkyl halides is 3. The summed E-state index contributed by atoms with van der Waals surface area (Å²) in [5, 5.41) is 6.58. The third-order valence-corrected chi connectivity index (χ3v) is 2.77. The molecule has 0 bridgehead atoms. The van der Waals surface area contributed by atoms with Crippen molar-refractivity contribution in [2.45, 2.75) is 24.9 Å². The zero-order chi connectivity index (χ0) is 11.8. The molecule has 5 heteroatoms. The fourth-order valence-electron chi connectivity index (χ4n) is 1.84. The maximum atomic E-state index is 12.6. The standard InChI is InChI=1S/C11H11F3N2/c1-10(9-4-6-15-16-9)5-2-3-8(7-10)11(12,13)14/h2-6H,7H2,1H3,(H,15,16). The van der Waals surface area contributed by atoms with E-state index >= 15 is 0 Å². The monoisotopic (exact) mass is 228 g/mol. The molecule has 0 spiro atoms. The molecule has 1 unspecified atom stereocenters. The number of rotatable bonds is 1. The highest BCUT2D eigenvalue weighted by atomic mass is 19.4. The number of nitrogens with one attached hydrogen (secondary N) is 1. The summed E-state index contributed by atoms with van der Waals surface area (Å²) in [7, 11) is 0. The summed E-state index contributed by atoms with van der Waals surface area (Å²) in [5.41, 5.74) is -0.571. The van der Waals surface area contributed by atoms with Crippen molar-refractivity contribution in [2.75, 3.05) is 0 Å². The largest absolute Gasteiger partial charge is 0.412 e. The van der Waals surface area contributed by atoms with Crippen LogP contribution in [0.2, 0.25) is 0 Å². The Labute approximate surface area is 90.9 Å². The maximum absolute atomic E-state index is 12.6. The SMILES string of the molecule is CC1(c2cc[nH]n2)C=CC=C(C(F)(F)F)C1. The molecule has 0 radical (unpaired) electrons. The number of halogens is 3. The molecule has 1 aromatic rings. The predicted octanol–water partition coefficient (Wildman–Crippen LogP) is 3.12. The first-order valence-electron chi connectivity index (χ1n) is 4.88. The number of hydrogen-bond acceptors (Lipinski definition) is 1. The van der Waals surface area contributed by atoms with Gasteiger partial charge < -0.3 is 0 Å². The molecule has 1 atom stereocenters. The topological polar surface area (TPSA) is 28.7 Å². The van der Waals surface area contributed by atoms with Gasteiger partial charge in [0.05, 0.1) is 5.69 Å². The van der Waals surface area contributed by atoms with Crippen LogP contribution in [0.4, 0.5) is 13.2 Å². The molecule has 1 N–H and O–H groups in total. The van der Waals surface area contributed by atoms with E-state index in [-0.39, 0.29) is 6.42 Å². The van der Waals surface area contributed by atoms with Gasteiger partial charge in [-0.2, -0.15) is 18.3 Å². The second-order valence-corrected chi connectivity index (χ2v) is 4.10. The van der Waals surface area contributed by atoms with Gasteiger partial charge >= 0.3 is 6.18 Å². The summed E-state index contributed by atoms with van der Waals surface area (Å²) in [4.78, 5) is 0. The third-order valence-electron chi connectivity index (χ3n) is 2.77. The van der Waals surface area contributed by atoms with Crippen molar-refractivity contribution < 1.29 is 13.2 Å². The fraction of sp³-hybridized carbons (Fsp3) is 0.364. The molecule has 0 saturated heterocycles. The Hall–Kier alpha value is -1.52. The Morgan fingerprint density at radius 3 is 2.75 bits per heavy atom. The number of H-pyrrole nitrogens is 1. The van der Waals surface area contributed by atoms with Crippen LogP contribution < -0.4 is 0 Å². The molecule has 1 aromatic heterocycles. The Morgan fingerprint density at radius 1 is 1.44 bits per heavy atom. The number of aromatic nitrogens is 2. The van der Waals surface area contributed by atoms with E-state index in [9.17, 15) is 13.2 Å². The Bertz CT molecular complexity index is 429. The van der Waals surface area contributed by atoms with E-state index in [0.717, 1.165) is 6.08 Å². The minimum Gasteiger partial charge on any atom is -0.285 e. The van der Waals surface area contributed by atoms with Crippen LogP contribution in [0.5, 0.6) is 0 Å². The fourth-order valence-corrected chi connectivity index (χ4v) is 1.84. The van der Waals surface area contributed by atoms with Crippen LogP contribution in [-0.4, -0.2) is 16.4 Å². The average Bonchev–Trinajstić information content (AvgIpc) is 2.69. The van der Waals surface area contributed by atoms with Gasteiger partial charge in [0.25, 0.3) is 0 Å². The van der Waals surface area contributed by atoms with Gasteiger partial charge in [-0.05, 0) is 12.5 Å². The van der Waals surface area contributed by atoms with E-state index in [1.54, 1.807) is 25.3 Å². The summed E-state index contributed by atoms with van der Waals surface area (Å²) in [6.45, 7) is 1.75. The highest BCUT2D eigenvalue weighted by molar-refractivity contribution is 5.34. The van der Waals surface area contributed by atoms with Crippen molar-refractivity contribution in [1.82, 2.24) is 10.2 Å². The number of allylic oxidation sites excluding steroid dienone is 4. The van der Waals surface area contributed by atoms with Crippen LogP contribution in [0.15, 0.2) is 36.1 Å². The minimum absolute atomic E-state index is 0.0716. The molecule has 0 saturated carbocycles. The van der Waals surface area contributed by atoms with Gasteiger partial charge in [-0.1, -0.05) is 25.2 Å². The molecule has 1 heterocycles. The summed E-state index contributed by atoms with van der Waals surface area (Å²) in [5.74, 6) is 0. The van der Waals surface area contributed by atoms with Gasteiger partial charge in [-0.25, -0.2) is 0 Å². The number of nitrogens with zero attached hydrogens (tertiary/aromatic N) is 1. The zero-order valence-corrected chi connectivity index (χ0v) is 8.67. The molecular weight excluding hydrogens is 217 g/mol. The third kappa shape index (κ3) is 1.89. The van der Waals surface area contributed by atoms with Gasteiger partial charge in [0.1, 0.15) is 0 Å². The lowest BCUT2D eigenvalue weighted by atomic mass is 9.77. The van der Waals surface area contributed by atoms with Crippen LogP contribution in [0.1, 0.15) is 19.0 Å². The van der Waals surface area contributed by atoms with Crippen LogP contribution in [-0.2, 0) is 5.41 Å². The van der Waals surface area contributed by atoms with Crippen LogP contribution in [0.25, 0.3) is 0 Å². The Kier molecular flexibility index (Phi) is 2.40. The van der Waals surface area contributed by atoms with Gasteiger partial charge in [0.2, 0.25) is 0 Å². The smallest absolute Gasteiger partial charge is 0.285 e. The average molecular weight is 228 g/mol. The molecule has 0 amide bonds. The lowest BCUT2D eigenvalue weighted by Crippen LogP contribution is -2.27. The molecule has 1 aliphatic rings. The molecule has 2 nitrogen and oxygen atoms in total. The van der Waals surface area contributed by atoms with Crippen molar-refractivity contribution >= 4 is 0 Å². The summed E-state index contributed by atoms with van der Waals surface area (Å²) < 4.78 is 37.8. The van der Waals surface area contributed by atoms with E-state index in [4.69, 9.17) is 0 Å². The normalized spacial score (nSPS) is 25.6. The van der Waals surface area contributed by atoms with E-state index in [1.807, 2.05) is 0 Å². The molecule has 0 aliphatic heterocycles. The molecular formula is C11H11F3N2. The molecule has 86 valence electrons. The lowest BCUT2D eigenvalue weighted by Gasteiger charge is -2.28. The second kappa shape index (κ2) is 3.50. The number of aromatic amines is 1. The molecule has 1 aliphatic carbocycles. The first-order chi connectivity index (χ1) is 7.42. The molecule has 16 heavy (non-hydrogen) atoms. The van der Waals surface area contributed by atoms with Gasteiger partial charge in [0.15, 0.2) is 0 Å². The van der Waals surface area contributed by atoms with Crippen molar-refractivity contribution in [3.63, 3.8) is 0 Å². The van der Waals surface area contributed by atoms with Crippen molar-refractivity contribution in [3.05, 3.63) is 41.8 Å². The van der Waals surface area contributed by atoms with Crippen LogP contribution in [0.3, 0.4) is 0 Å². The molecule has 2 rings (SSSR count). The first kappa shape index (κ1) is 11.0. The van der Waals surface area contributed by atoms with Gasteiger partial charge in [0, 0.05) is 17.2 Å². The van der Waals surface area contributed by atoms with Crippen molar-refractivity contribution in [2.24, 2.45) is 0 Å². The van der Waals surface area contributed by atoms with Gasteiger partial charge in [-0.15, -0.1) is 0 Å². The van der Waals surface area contributed by atoms with E-state index in [2.05, 4.69) is 10.2 Å². The maximum Gasteiger partial charge on any atom is 0.412 e. The Balaban J connectivity index is 2.30. The van der Waals surface area contributed by atoms with E-state index < -0.39 is 17.2 Å². The highest BCUT2D eigenvalue weighted by Gasteiger charge is 2.40.